The Kier molecular flexibility index (Phi) is 5.90. The minimum Gasteiger partial charge on any atom is -0.308 e. The zero-order valence-corrected chi connectivity index (χ0v) is 13.8. The molecule has 3 heteroatoms. The Bertz CT molecular complexity index is 433. The topological polar surface area (TPSA) is 12.0 Å². The molecule has 1 aromatic carbocycles. The third-order valence-electron chi connectivity index (χ3n) is 2.62. The van der Waals surface area contributed by atoms with E-state index in [0.29, 0.717) is 0 Å². The van der Waals surface area contributed by atoms with Gasteiger partial charge in [0.15, 0.2) is 0 Å². The summed E-state index contributed by atoms with van der Waals surface area (Å²) in [6.45, 7) is 9.63. The highest BCUT2D eigenvalue weighted by molar-refractivity contribution is 9.10. The minimum absolute atomic E-state index is 0.144. The number of nitrogens with one attached hydrogen (secondary N) is 1. The largest absolute Gasteiger partial charge is 0.308 e. The molecule has 1 nitrogen and oxygen atoms in total. The molecule has 0 spiro atoms. The van der Waals surface area contributed by atoms with Crippen molar-refractivity contribution in [2.75, 3.05) is 6.54 Å². The molecule has 0 saturated heterocycles. The van der Waals surface area contributed by atoms with E-state index >= 15 is 0 Å². The van der Waals surface area contributed by atoms with Crippen LogP contribution in [0.5, 0.6) is 0 Å². The molecule has 0 aromatic heterocycles. The number of hydrogen-bond donors (Lipinski definition) is 1. The lowest BCUT2D eigenvalue weighted by Crippen LogP contribution is -2.36. The summed E-state index contributed by atoms with van der Waals surface area (Å²) in [5, 5.41) is 4.27. The van der Waals surface area contributed by atoms with Crippen molar-refractivity contribution in [3.63, 3.8) is 0 Å². The average Bonchev–Trinajstić information content (AvgIpc) is 2.25. The highest BCUT2D eigenvalue weighted by atomic mass is 79.9. The van der Waals surface area contributed by atoms with Crippen LogP contribution in [0.25, 0.3) is 6.08 Å². The fraction of sp³-hybridized carbons (Fsp3) is 0.467. The maximum atomic E-state index is 5.95. The highest BCUT2D eigenvalue weighted by Crippen LogP contribution is 2.24. The second-order valence-corrected chi connectivity index (χ2v) is 6.72. The predicted molar refractivity (Wildman–Crippen MR) is 85.2 cm³/mol. The van der Waals surface area contributed by atoms with Gasteiger partial charge in [-0.25, -0.2) is 0 Å². The molecular formula is C15H21BrClN. The summed E-state index contributed by atoms with van der Waals surface area (Å²) in [5.41, 5.74) is 2.70. The van der Waals surface area contributed by atoms with Gasteiger partial charge in [-0.1, -0.05) is 52.2 Å². The molecule has 0 heterocycles. The van der Waals surface area contributed by atoms with Crippen molar-refractivity contribution < 1.29 is 0 Å². The fourth-order valence-electron chi connectivity index (χ4n) is 1.50. The van der Waals surface area contributed by atoms with Gasteiger partial charge >= 0.3 is 0 Å². The van der Waals surface area contributed by atoms with Crippen LogP contribution in [0.15, 0.2) is 28.2 Å². The van der Waals surface area contributed by atoms with E-state index < -0.39 is 0 Å². The van der Waals surface area contributed by atoms with Crippen LogP contribution in [0.4, 0.5) is 0 Å². The second kappa shape index (κ2) is 6.74. The average molecular weight is 331 g/mol. The van der Waals surface area contributed by atoms with Crippen molar-refractivity contribution >= 4 is 33.6 Å². The number of benzene rings is 1. The van der Waals surface area contributed by atoms with Crippen molar-refractivity contribution in [2.24, 2.45) is 0 Å². The molecule has 1 aromatic rings. The second-order valence-electron chi connectivity index (χ2n) is 5.43. The normalized spacial score (nSPS) is 12.9. The molecule has 0 saturated carbocycles. The Morgan fingerprint density at radius 2 is 2.06 bits per heavy atom. The van der Waals surface area contributed by atoms with Gasteiger partial charge in [-0.05, 0) is 44.9 Å². The summed E-state index contributed by atoms with van der Waals surface area (Å²) in [4.78, 5) is 0. The van der Waals surface area contributed by atoms with Crippen LogP contribution in [0, 0.1) is 0 Å². The van der Waals surface area contributed by atoms with Crippen molar-refractivity contribution in [1.29, 1.82) is 0 Å². The summed E-state index contributed by atoms with van der Waals surface area (Å²) in [7, 11) is 0. The molecule has 1 rings (SSSR count). The monoisotopic (exact) mass is 329 g/mol. The smallest absolute Gasteiger partial charge is 0.0417 e. The Morgan fingerprint density at radius 3 is 2.56 bits per heavy atom. The van der Waals surface area contributed by atoms with Gasteiger partial charge in [0, 0.05) is 21.6 Å². The molecule has 0 aliphatic carbocycles. The molecule has 0 amide bonds. The zero-order chi connectivity index (χ0) is 13.8. The first-order chi connectivity index (χ1) is 8.31. The van der Waals surface area contributed by atoms with Gasteiger partial charge in [0.1, 0.15) is 0 Å². The first kappa shape index (κ1) is 15.7. The lowest BCUT2D eigenvalue weighted by molar-refractivity contribution is 0.443. The van der Waals surface area contributed by atoms with Crippen LogP contribution in [-0.2, 0) is 0 Å². The minimum atomic E-state index is 0.144. The Hall–Kier alpha value is -0.310. The molecular weight excluding hydrogens is 310 g/mol. The summed E-state index contributed by atoms with van der Waals surface area (Å²) in [6.07, 6.45) is 3.26. The SMILES string of the molecule is CC/C(=C/c1ccc(Cl)cc1Br)CNC(C)(C)C. The van der Waals surface area contributed by atoms with Crippen molar-refractivity contribution in [3.05, 3.63) is 38.8 Å². The number of rotatable bonds is 4. The van der Waals surface area contributed by atoms with E-state index in [1.54, 1.807) is 0 Å². The summed E-state index contributed by atoms with van der Waals surface area (Å²) in [6, 6.07) is 5.89. The van der Waals surface area contributed by atoms with Crippen LogP contribution < -0.4 is 5.32 Å². The standard InChI is InChI=1S/C15H21BrClN/c1-5-11(10-18-15(2,3)4)8-12-6-7-13(17)9-14(12)16/h6-9,18H,5,10H2,1-4H3/b11-8-. The van der Waals surface area contributed by atoms with Crippen LogP contribution in [0.2, 0.25) is 5.02 Å². The molecule has 1 N–H and O–H groups in total. The number of halogens is 2. The first-order valence-electron chi connectivity index (χ1n) is 6.21. The van der Waals surface area contributed by atoms with E-state index in [0.717, 1.165) is 22.5 Å². The molecule has 0 radical (unpaired) electrons. The van der Waals surface area contributed by atoms with Gasteiger partial charge < -0.3 is 5.32 Å². The quantitative estimate of drug-likeness (QED) is 0.791. The maximum absolute atomic E-state index is 5.95. The Balaban J connectivity index is 2.84. The van der Waals surface area contributed by atoms with E-state index in [9.17, 15) is 0 Å². The molecule has 100 valence electrons. The van der Waals surface area contributed by atoms with Crippen LogP contribution in [0.3, 0.4) is 0 Å². The third kappa shape index (κ3) is 5.55. The van der Waals surface area contributed by atoms with Gasteiger partial charge in [0.05, 0.1) is 0 Å². The van der Waals surface area contributed by atoms with Crippen LogP contribution >= 0.6 is 27.5 Å². The van der Waals surface area contributed by atoms with Crippen molar-refractivity contribution in [3.8, 4) is 0 Å². The van der Waals surface area contributed by atoms with Gasteiger partial charge in [0.25, 0.3) is 0 Å². The molecule has 0 atom stereocenters. The Morgan fingerprint density at radius 1 is 1.39 bits per heavy atom. The Labute approximate surface area is 124 Å². The van der Waals surface area contributed by atoms with Crippen molar-refractivity contribution in [1.82, 2.24) is 5.32 Å². The van der Waals surface area contributed by atoms with E-state index in [-0.39, 0.29) is 5.54 Å². The summed E-state index contributed by atoms with van der Waals surface area (Å²) < 4.78 is 1.04. The predicted octanol–water partition coefficient (Wildman–Crippen LogP) is 5.28. The molecule has 0 aliphatic rings. The first-order valence-corrected chi connectivity index (χ1v) is 7.38. The van der Waals surface area contributed by atoms with Gasteiger partial charge in [-0.2, -0.15) is 0 Å². The number of hydrogen-bond acceptors (Lipinski definition) is 1. The van der Waals surface area contributed by atoms with E-state index in [1.165, 1.54) is 11.1 Å². The van der Waals surface area contributed by atoms with E-state index in [1.807, 2.05) is 18.2 Å². The third-order valence-corrected chi connectivity index (χ3v) is 3.54. The summed E-state index contributed by atoms with van der Waals surface area (Å²) >= 11 is 9.49. The molecule has 18 heavy (non-hydrogen) atoms. The molecule has 0 aliphatic heterocycles. The lowest BCUT2D eigenvalue weighted by atomic mass is 10.1. The van der Waals surface area contributed by atoms with E-state index in [4.69, 9.17) is 11.6 Å². The van der Waals surface area contributed by atoms with E-state index in [2.05, 4.69) is 55.0 Å². The molecule has 0 bridgehead atoms. The van der Waals surface area contributed by atoms with Crippen LogP contribution in [0.1, 0.15) is 39.7 Å². The highest BCUT2D eigenvalue weighted by Gasteiger charge is 2.09. The van der Waals surface area contributed by atoms with Crippen LogP contribution in [-0.4, -0.2) is 12.1 Å². The molecule has 0 unspecified atom stereocenters. The van der Waals surface area contributed by atoms with Gasteiger partial charge in [0.2, 0.25) is 0 Å². The maximum Gasteiger partial charge on any atom is 0.0417 e. The van der Waals surface area contributed by atoms with Gasteiger partial charge in [-0.15, -0.1) is 0 Å². The summed E-state index contributed by atoms with van der Waals surface area (Å²) in [5.74, 6) is 0. The lowest BCUT2D eigenvalue weighted by Gasteiger charge is -2.21. The fourth-order valence-corrected chi connectivity index (χ4v) is 2.29. The van der Waals surface area contributed by atoms with Gasteiger partial charge in [-0.3, -0.25) is 0 Å². The van der Waals surface area contributed by atoms with Crippen molar-refractivity contribution in [2.45, 2.75) is 39.7 Å². The zero-order valence-electron chi connectivity index (χ0n) is 11.5. The molecule has 0 fully saturated rings.